The summed E-state index contributed by atoms with van der Waals surface area (Å²) in [5.74, 6) is 0.292. The van der Waals surface area contributed by atoms with E-state index in [9.17, 15) is 4.79 Å². The molecule has 0 bridgehead atoms. The van der Waals surface area contributed by atoms with Crippen LogP contribution < -0.4 is 5.32 Å². The molecule has 2 saturated heterocycles. The predicted molar refractivity (Wildman–Crippen MR) is 100 cm³/mol. The summed E-state index contributed by atoms with van der Waals surface area (Å²) < 4.78 is 13.8. The fourth-order valence-corrected chi connectivity index (χ4v) is 4.57. The quantitative estimate of drug-likeness (QED) is 0.865. The van der Waals surface area contributed by atoms with Gasteiger partial charge < -0.3 is 14.8 Å². The largest absolute Gasteiger partial charge is 0.371 e. The minimum atomic E-state index is -0.139. The number of fused-ring (bicyclic) bond motifs is 1. The third kappa shape index (κ3) is 3.31. The van der Waals surface area contributed by atoms with Crippen LogP contribution in [0.2, 0.25) is 0 Å². The van der Waals surface area contributed by atoms with Crippen LogP contribution in [0.1, 0.15) is 38.1 Å². The van der Waals surface area contributed by atoms with E-state index in [0.29, 0.717) is 13.2 Å². The van der Waals surface area contributed by atoms with Crippen molar-refractivity contribution >= 4 is 5.91 Å². The first-order chi connectivity index (χ1) is 13.8. The van der Waals surface area contributed by atoms with Crippen molar-refractivity contribution in [1.82, 2.24) is 25.3 Å². The molecule has 1 saturated carbocycles. The average molecular weight is 383 g/mol. The maximum absolute atomic E-state index is 12.6. The van der Waals surface area contributed by atoms with E-state index in [1.54, 1.807) is 10.9 Å². The summed E-state index contributed by atoms with van der Waals surface area (Å²) in [5.41, 5.74) is 1.51. The molecule has 4 atom stereocenters. The monoisotopic (exact) mass is 383 g/mol. The summed E-state index contributed by atoms with van der Waals surface area (Å²) in [6.07, 6.45) is 8.88. The lowest BCUT2D eigenvalue weighted by molar-refractivity contribution is -0.127. The second-order valence-corrected chi connectivity index (χ2v) is 7.91. The Morgan fingerprint density at radius 3 is 2.75 bits per heavy atom. The smallest absolute Gasteiger partial charge is 0.223 e. The van der Waals surface area contributed by atoms with Crippen LogP contribution in [0.4, 0.5) is 0 Å². The number of pyridine rings is 1. The van der Waals surface area contributed by atoms with Crippen molar-refractivity contribution in [2.24, 2.45) is 5.92 Å². The van der Waals surface area contributed by atoms with Crippen LogP contribution in [0.3, 0.4) is 0 Å². The van der Waals surface area contributed by atoms with Gasteiger partial charge in [-0.1, -0.05) is 30.5 Å². The molecule has 0 radical (unpaired) electrons. The molecular formula is C20H25N5O3. The van der Waals surface area contributed by atoms with Crippen molar-refractivity contribution < 1.29 is 14.3 Å². The number of ether oxygens (including phenoxy) is 2. The highest BCUT2D eigenvalue weighted by atomic mass is 16.6. The molecule has 2 aliphatic heterocycles. The number of hydrogen-bond acceptors (Lipinski definition) is 6. The molecule has 4 heterocycles. The Balaban J connectivity index is 1.24. The zero-order valence-corrected chi connectivity index (χ0v) is 15.7. The Morgan fingerprint density at radius 1 is 1.07 bits per heavy atom. The first-order valence-electron chi connectivity index (χ1n) is 10.2. The lowest BCUT2D eigenvalue weighted by Gasteiger charge is -2.24. The van der Waals surface area contributed by atoms with Gasteiger partial charge in [0.25, 0.3) is 0 Å². The van der Waals surface area contributed by atoms with E-state index in [1.807, 2.05) is 24.4 Å². The van der Waals surface area contributed by atoms with E-state index in [2.05, 4.69) is 20.6 Å². The van der Waals surface area contributed by atoms with Crippen LogP contribution in [-0.4, -0.2) is 57.3 Å². The SMILES string of the molecule is O=C(N[C@H]1CO[C@H]2[C@H]1OC[C@H]2n1cc(-c2ccccn2)nn1)C1CCCCC1. The van der Waals surface area contributed by atoms with Crippen LogP contribution in [0.25, 0.3) is 11.4 Å². The number of carbonyl (C=O) groups is 1. The zero-order chi connectivity index (χ0) is 18.9. The van der Waals surface area contributed by atoms with Gasteiger partial charge >= 0.3 is 0 Å². The van der Waals surface area contributed by atoms with Gasteiger partial charge in [0.2, 0.25) is 5.91 Å². The topological polar surface area (TPSA) is 91.2 Å². The lowest BCUT2D eigenvalue weighted by atomic mass is 9.88. The molecule has 3 fully saturated rings. The minimum Gasteiger partial charge on any atom is -0.371 e. The van der Waals surface area contributed by atoms with Crippen molar-refractivity contribution in [1.29, 1.82) is 0 Å². The summed E-state index contributed by atoms with van der Waals surface area (Å²) in [4.78, 5) is 16.9. The van der Waals surface area contributed by atoms with Crippen LogP contribution in [-0.2, 0) is 14.3 Å². The zero-order valence-electron chi connectivity index (χ0n) is 15.7. The fourth-order valence-electron chi connectivity index (χ4n) is 4.57. The van der Waals surface area contributed by atoms with E-state index < -0.39 is 0 Å². The molecule has 0 aromatic carbocycles. The Morgan fingerprint density at radius 2 is 1.93 bits per heavy atom. The second-order valence-electron chi connectivity index (χ2n) is 7.91. The molecule has 3 aliphatic rings. The molecule has 1 amide bonds. The lowest BCUT2D eigenvalue weighted by Crippen LogP contribution is -2.46. The highest BCUT2D eigenvalue weighted by molar-refractivity contribution is 5.79. The van der Waals surface area contributed by atoms with Crippen LogP contribution in [0, 0.1) is 5.92 Å². The molecule has 1 N–H and O–H groups in total. The van der Waals surface area contributed by atoms with Crippen molar-refractivity contribution in [2.75, 3.05) is 13.2 Å². The molecule has 0 spiro atoms. The van der Waals surface area contributed by atoms with Crippen LogP contribution in [0.15, 0.2) is 30.6 Å². The maximum atomic E-state index is 12.6. The van der Waals surface area contributed by atoms with Gasteiger partial charge in [0, 0.05) is 12.1 Å². The fraction of sp³-hybridized carbons (Fsp3) is 0.600. The Kier molecular flexibility index (Phi) is 4.82. The van der Waals surface area contributed by atoms with E-state index in [4.69, 9.17) is 9.47 Å². The molecule has 148 valence electrons. The van der Waals surface area contributed by atoms with Gasteiger partial charge in [-0.15, -0.1) is 5.10 Å². The number of hydrogen-bond donors (Lipinski definition) is 1. The molecule has 28 heavy (non-hydrogen) atoms. The molecule has 8 heteroatoms. The summed E-state index contributed by atoms with van der Waals surface area (Å²) in [5, 5.41) is 11.7. The Bertz CT molecular complexity index is 820. The van der Waals surface area contributed by atoms with E-state index in [-0.39, 0.29) is 36.1 Å². The number of nitrogens with zero attached hydrogens (tertiary/aromatic N) is 4. The molecular weight excluding hydrogens is 358 g/mol. The van der Waals surface area contributed by atoms with Gasteiger partial charge in [-0.3, -0.25) is 9.78 Å². The molecule has 5 rings (SSSR count). The molecule has 0 unspecified atom stereocenters. The first kappa shape index (κ1) is 17.8. The van der Waals surface area contributed by atoms with Crippen LogP contribution >= 0.6 is 0 Å². The van der Waals surface area contributed by atoms with E-state index in [0.717, 1.165) is 37.1 Å². The van der Waals surface area contributed by atoms with E-state index in [1.165, 1.54) is 6.42 Å². The Labute approximate surface area is 163 Å². The maximum Gasteiger partial charge on any atom is 0.223 e. The second kappa shape index (κ2) is 7.60. The number of aromatic nitrogens is 4. The summed E-state index contributed by atoms with van der Waals surface area (Å²) in [7, 11) is 0. The molecule has 2 aromatic rings. The standard InChI is InChI=1S/C20H25N5O3/c26-20(13-6-2-1-3-7-13)22-16-11-27-19-17(12-28-18(16)19)25-10-15(23-24-25)14-8-4-5-9-21-14/h4-5,8-10,13,16-19H,1-3,6-7,11-12H2,(H,22,26)/t16-,17+,18-,19+/m0/s1. The number of nitrogens with one attached hydrogen (secondary N) is 1. The number of carbonyl (C=O) groups excluding carboxylic acids is 1. The predicted octanol–water partition coefficient (Wildman–Crippen LogP) is 1.74. The van der Waals surface area contributed by atoms with Gasteiger partial charge in [0.15, 0.2) is 0 Å². The van der Waals surface area contributed by atoms with E-state index >= 15 is 0 Å². The first-order valence-corrected chi connectivity index (χ1v) is 10.2. The summed E-state index contributed by atoms with van der Waals surface area (Å²) in [6.45, 7) is 0.974. The highest BCUT2D eigenvalue weighted by Gasteiger charge is 2.49. The van der Waals surface area contributed by atoms with Crippen molar-refractivity contribution in [2.45, 2.75) is 56.4 Å². The van der Waals surface area contributed by atoms with Crippen molar-refractivity contribution in [3.8, 4) is 11.4 Å². The number of rotatable bonds is 4. The summed E-state index contributed by atoms with van der Waals surface area (Å²) in [6, 6.07) is 5.56. The third-order valence-electron chi connectivity index (χ3n) is 6.11. The molecule has 2 aromatic heterocycles. The van der Waals surface area contributed by atoms with Gasteiger partial charge in [-0.25, -0.2) is 4.68 Å². The molecule has 1 aliphatic carbocycles. The van der Waals surface area contributed by atoms with Crippen molar-refractivity contribution in [3.05, 3.63) is 30.6 Å². The third-order valence-corrected chi connectivity index (χ3v) is 6.11. The normalized spacial score (nSPS) is 30.3. The van der Waals surface area contributed by atoms with Gasteiger partial charge in [0.05, 0.1) is 31.1 Å². The van der Waals surface area contributed by atoms with Gasteiger partial charge in [-0.05, 0) is 25.0 Å². The Hall–Kier alpha value is -2.32. The number of amides is 1. The van der Waals surface area contributed by atoms with Gasteiger partial charge in [-0.2, -0.15) is 0 Å². The highest BCUT2D eigenvalue weighted by Crippen LogP contribution is 2.35. The van der Waals surface area contributed by atoms with Crippen molar-refractivity contribution in [3.63, 3.8) is 0 Å². The minimum absolute atomic E-state index is 0.0495. The summed E-state index contributed by atoms with van der Waals surface area (Å²) >= 11 is 0. The average Bonchev–Trinajstić information content (AvgIpc) is 3.47. The van der Waals surface area contributed by atoms with Gasteiger partial charge in [0.1, 0.15) is 23.9 Å². The van der Waals surface area contributed by atoms with Crippen LogP contribution in [0.5, 0.6) is 0 Å². The molecule has 8 nitrogen and oxygen atoms in total.